The number of ketones is 1. The largest absolute Gasteiger partial charge is 0.506 e. The number of aliphatic imine (C=N–C) groups is 1. The third-order valence-electron chi connectivity index (χ3n) is 3.32. The van der Waals surface area contributed by atoms with E-state index in [1.54, 1.807) is 18.2 Å². The van der Waals surface area contributed by atoms with E-state index in [0.717, 1.165) is 11.6 Å². The van der Waals surface area contributed by atoms with Gasteiger partial charge in [-0.2, -0.15) is 5.10 Å². The number of halogens is 1. The van der Waals surface area contributed by atoms with Crippen molar-refractivity contribution in [3.05, 3.63) is 71.8 Å². The Morgan fingerprint density at radius 1 is 1.35 bits per heavy atom. The molecule has 0 saturated heterocycles. The average molecular weight is 312 g/mol. The molecule has 0 aliphatic carbocycles. The fraction of sp³-hybridized carbons (Fsp3) is 0.125. The van der Waals surface area contributed by atoms with Crippen LogP contribution in [0.15, 0.2) is 59.6 Å². The fourth-order valence-corrected chi connectivity index (χ4v) is 2.18. The number of carbonyl (C=O) groups is 1. The van der Waals surface area contributed by atoms with Gasteiger partial charge >= 0.3 is 0 Å². The maximum atomic E-state index is 12.9. The van der Waals surface area contributed by atoms with Gasteiger partial charge in [0.05, 0.1) is 11.8 Å². The number of aromatic amines is 1. The van der Waals surface area contributed by atoms with Gasteiger partial charge in [0.1, 0.15) is 17.9 Å². The van der Waals surface area contributed by atoms with Crippen molar-refractivity contribution in [3.63, 3.8) is 0 Å². The van der Waals surface area contributed by atoms with Gasteiger partial charge in [-0.05, 0) is 30.2 Å². The highest BCUT2D eigenvalue weighted by molar-refractivity contribution is 6.13. The first-order chi connectivity index (χ1) is 11.1. The highest BCUT2D eigenvalue weighted by Gasteiger charge is 2.16. The number of allylic oxidation sites excluding steroid dienone is 2. The van der Waals surface area contributed by atoms with Crippen molar-refractivity contribution in [1.82, 2.24) is 15.2 Å². The van der Waals surface area contributed by atoms with Gasteiger partial charge in [-0.15, -0.1) is 0 Å². The van der Waals surface area contributed by atoms with E-state index < -0.39 is 5.78 Å². The Labute approximate surface area is 131 Å². The Hall–Kier alpha value is -3.09. The van der Waals surface area contributed by atoms with Crippen LogP contribution in [0, 0.1) is 5.82 Å². The number of aliphatic hydroxyl groups is 1. The molecule has 23 heavy (non-hydrogen) atoms. The zero-order chi connectivity index (χ0) is 16.2. The van der Waals surface area contributed by atoms with Crippen molar-refractivity contribution in [1.29, 1.82) is 0 Å². The maximum absolute atomic E-state index is 12.9. The number of benzene rings is 1. The molecule has 116 valence electrons. The van der Waals surface area contributed by atoms with E-state index in [4.69, 9.17) is 0 Å². The molecule has 3 rings (SSSR count). The number of rotatable bonds is 5. The average Bonchev–Trinajstić information content (AvgIpc) is 3.21. The standard InChI is InChI=1S/C16H13FN4O2/c17-11-3-1-10(2-4-11)7-12-5-6-13(20-12)14(22)8-15(23)16-18-9-19-21-16/h1-6,8-9,12,22H,7H2,(H,18,19,21). The minimum atomic E-state index is -0.488. The summed E-state index contributed by atoms with van der Waals surface area (Å²) in [7, 11) is 0. The van der Waals surface area contributed by atoms with Gasteiger partial charge in [0.25, 0.3) is 0 Å². The summed E-state index contributed by atoms with van der Waals surface area (Å²) in [5.41, 5.74) is 1.26. The second kappa shape index (κ2) is 6.35. The van der Waals surface area contributed by atoms with Crippen LogP contribution in [-0.2, 0) is 6.42 Å². The van der Waals surface area contributed by atoms with Gasteiger partial charge in [0, 0.05) is 6.08 Å². The van der Waals surface area contributed by atoms with Gasteiger partial charge in [-0.1, -0.05) is 18.2 Å². The van der Waals surface area contributed by atoms with Crippen molar-refractivity contribution in [2.24, 2.45) is 4.99 Å². The van der Waals surface area contributed by atoms with Crippen LogP contribution in [0.2, 0.25) is 0 Å². The third kappa shape index (κ3) is 3.57. The van der Waals surface area contributed by atoms with Gasteiger partial charge < -0.3 is 5.11 Å². The second-order valence-corrected chi connectivity index (χ2v) is 5.00. The van der Waals surface area contributed by atoms with Crippen molar-refractivity contribution in [3.8, 4) is 0 Å². The quantitative estimate of drug-likeness (QED) is 0.503. The van der Waals surface area contributed by atoms with E-state index in [1.807, 2.05) is 6.08 Å². The van der Waals surface area contributed by atoms with Crippen LogP contribution in [0.1, 0.15) is 16.2 Å². The number of aliphatic hydroxyl groups excluding tert-OH is 1. The van der Waals surface area contributed by atoms with Crippen LogP contribution >= 0.6 is 0 Å². The van der Waals surface area contributed by atoms with Gasteiger partial charge in [-0.3, -0.25) is 14.9 Å². The Morgan fingerprint density at radius 3 is 2.83 bits per heavy atom. The molecule has 1 aliphatic heterocycles. The molecule has 2 heterocycles. The number of carbonyl (C=O) groups excluding carboxylic acids is 1. The van der Waals surface area contributed by atoms with Crippen LogP contribution in [0.25, 0.3) is 0 Å². The number of nitrogens with one attached hydrogen (secondary N) is 1. The highest BCUT2D eigenvalue weighted by Crippen LogP contribution is 2.15. The lowest BCUT2D eigenvalue weighted by atomic mass is 10.1. The molecule has 1 aromatic heterocycles. The molecule has 7 heteroatoms. The minimum absolute atomic E-state index is 0.0435. The fourth-order valence-electron chi connectivity index (χ4n) is 2.18. The van der Waals surface area contributed by atoms with Gasteiger partial charge in [-0.25, -0.2) is 9.37 Å². The van der Waals surface area contributed by atoms with Crippen LogP contribution in [0.3, 0.4) is 0 Å². The Bertz CT molecular complexity index is 792. The predicted molar refractivity (Wildman–Crippen MR) is 81.9 cm³/mol. The number of aromatic nitrogens is 3. The topological polar surface area (TPSA) is 91.2 Å². The summed E-state index contributed by atoms with van der Waals surface area (Å²) in [6, 6.07) is 6.02. The molecular formula is C16H13FN4O2. The molecule has 0 fully saturated rings. The predicted octanol–water partition coefficient (Wildman–Crippen LogP) is 2.19. The molecule has 1 atom stereocenters. The van der Waals surface area contributed by atoms with Crippen molar-refractivity contribution >= 4 is 11.5 Å². The van der Waals surface area contributed by atoms with Gasteiger partial charge in [0.15, 0.2) is 5.82 Å². The van der Waals surface area contributed by atoms with E-state index in [0.29, 0.717) is 12.1 Å². The number of hydrogen-bond donors (Lipinski definition) is 2. The molecule has 1 aliphatic rings. The lowest BCUT2D eigenvalue weighted by Gasteiger charge is -2.05. The summed E-state index contributed by atoms with van der Waals surface area (Å²) in [4.78, 5) is 19.8. The summed E-state index contributed by atoms with van der Waals surface area (Å²) >= 11 is 0. The lowest BCUT2D eigenvalue weighted by Crippen LogP contribution is -2.06. The normalized spacial score (nSPS) is 17.3. The molecular weight excluding hydrogens is 299 g/mol. The molecule has 0 radical (unpaired) electrons. The Morgan fingerprint density at radius 2 is 2.13 bits per heavy atom. The molecule has 1 aromatic carbocycles. The first-order valence-electron chi connectivity index (χ1n) is 6.93. The molecule has 1 unspecified atom stereocenters. The number of hydrogen-bond acceptors (Lipinski definition) is 5. The lowest BCUT2D eigenvalue weighted by molar-refractivity contribution is 0.103. The Kier molecular flexibility index (Phi) is 4.09. The minimum Gasteiger partial charge on any atom is -0.506 e. The third-order valence-corrected chi connectivity index (χ3v) is 3.32. The summed E-state index contributed by atoms with van der Waals surface area (Å²) in [6.07, 6.45) is 6.31. The molecule has 0 saturated carbocycles. The molecule has 0 bridgehead atoms. The zero-order valence-corrected chi connectivity index (χ0v) is 12.0. The van der Waals surface area contributed by atoms with E-state index in [9.17, 15) is 14.3 Å². The smallest absolute Gasteiger partial charge is 0.226 e. The van der Waals surface area contributed by atoms with Crippen LogP contribution in [0.5, 0.6) is 0 Å². The Balaban J connectivity index is 1.68. The molecule has 2 N–H and O–H groups in total. The van der Waals surface area contributed by atoms with E-state index in [1.165, 1.54) is 18.5 Å². The number of nitrogens with zero attached hydrogens (tertiary/aromatic N) is 3. The van der Waals surface area contributed by atoms with Crippen LogP contribution in [-0.4, -0.2) is 37.8 Å². The first kappa shape index (κ1) is 14.8. The molecule has 0 spiro atoms. The molecule has 2 aromatic rings. The summed E-state index contributed by atoms with van der Waals surface area (Å²) in [6.45, 7) is 0. The van der Waals surface area contributed by atoms with E-state index in [2.05, 4.69) is 20.2 Å². The summed E-state index contributed by atoms with van der Waals surface area (Å²) < 4.78 is 12.9. The van der Waals surface area contributed by atoms with E-state index >= 15 is 0 Å². The molecule has 6 nitrogen and oxygen atoms in total. The second-order valence-electron chi connectivity index (χ2n) is 5.00. The number of H-pyrrole nitrogens is 1. The monoisotopic (exact) mass is 312 g/mol. The van der Waals surface area contributed by atoms with Crippen LogP contribution < -0.4 is 0 Å². The highest BCUT2D eigenvalue weighted by atomic mass is 19.1. The van der Waals surface area contributed by atoms with Crippen molar-refractivity contribution < 1.29 is 14.3 Å². The summed E-state index contributed by atoms with van der Waals surface area (Å²) in [5, 5.41) is 16.0. The maximum Gasteiger partial charge on any atom is 0.226 e. The SMILES string of the molecule is O=C(C=C(O)C1=NC(Cc2ccc(F)cc2)C=C1)c1ncn[nH]1. The molecule has 0 amide bonds. The zero-order valence-electron chi connectivity index (χ0n) is 12.0. The van der Waals surface area contributed by atoms with Gasteiger partial charge in [0.2, 0.25) is 5.78 Å². The van der Waals surface area contributed by atoms with Crippen LogP contribution in [0.4, 0.5) is 4.39 Å². The van der Waals surface area contributed by atoms with Crippen molar-refractivity contribution in [2.45, 2.75) is 12.5 Å². The summed E-state index contributed by atoms with van der Waals surface area (Å²) in [5.74, 6) is -0.962. The first-order valence-corrected chi connectivity index (χ1v) is 6.93. The van der Waals surface area contributed by atoms with E-state index in [-0.39, 0.29) is 23.4 Å². The van der Waals surface area contributed by atoms with Crippen molar-refractivity contribution in [2.75, 3.05) is 0 Å².